The van der Waals surface area contributed by atoms with Gasteiger partial charge in [0, 0.05) is 31.6 Å². The lowest BCUT2D eigenvalue weighted by atomic mass is 10.2. The predicted molar refractivity (Wildman–Crippen MR) is 128 cm³/mol. The summed E-state index contributed by atoms with van der Waals surface area (Å²) in [5.41, 5.74) is 0.515. The molecule has 2 rings (SSSR count). The summed E-state index contributed by atoms with van der Waals surface area (Å²) in [6, 6.07) is 11.2. The Morgan fingerprint density at radius 3 is 2.09 bits per heavy atom. The second-order valence-electron chi connectivity index (χ2n) is 7.21. The van der Waals surface area contributed by atoms with Crippen molar-refractivity contribution in [3.8, 4) is 0 Å². The average Bonchev–Trinajstić information content (AvgIpc) is 2.82. The molecule has 2 aromatic carbocycles. The summed E-state index contributed by atoms with van der Waals surface area (Å²) in [6.45, 7) is 1.58. The molecule has 0 radical (unpaired) electrons. The number of aliphatic carboxylic acids is 1. The summed E-state index contributed by atoms with van der Waals surface area (Å²) in [5.74, 6) is -2.00. The van der Waals surface area contributed by atoms with Crippen molar-refractivity contribution in [2.24, 2.45) is 0 Å². The monoisotopic (exact) mass is 525 g/mol. The summed E-state index contributed by atoms with van der Waals surface area (Å²) in [6.07, 6.45) is -0.305. The van der Waals surface area contributed by atoms with E-state index < -0.39 is 44.5 Å². The van der Waals surface area contributed by atoms with Gasteiger partial charge >= 0.3 is 5.97 Å². The number of benzene rings is 2. The van der Waals surface area contributed by atoms with E-state index in [1.165, 1.54) is 48.5 Å². The SMILES string of the molecule is CCNC(=N)c1ccc(S(=O)(=O)NCCC(=O)NCC(NS(=O)(=O)c2ccccc2)C(=O)O)cc1. The first-order chi connectivity index (χ1) is 16.5. The lowest BCUT2D eigenvalue weighted by Gasteiger charge is -2.16. The van der Waals surface area contributed by atoms with Gasteiger partial charge in [-0.05, 0) is 43.3 Å². The van der Waals surface area contributed by atoms with Crippen LogP contribution in [0.3, 0.4) is 0 Å². The fraction of sp³-hybridized carbons (Fsp3) is 0.286. The van der Waals surface area contributed by atoms with Crippen molar-refractivity contribution in [3.05, 3.63) is 60.2 Å². The second kappa shape index (κ2) is 12.4. The van der Waals surface area contributed by atoms with Gasteiger partial charge in [-0.15, -0.1) is 0 Å². The lowest BCUT2D eigenvalue weighted by Crippen LogP contribution is -2.48. The van der Waals surface area contributed by atoms with Crippen molar-refractivity contribution in [3.63, 3.8) is 0 Å². The van der Waals surface area contributed by atoms with E-state index >= 15 is 0 Å². The number of amides is 1. The third kappa shape index (κ3) is 8.43. The molecule has 0 spiro atoms. The number of amidine groups is 1. The van der Waals surface area contributed by atoms with Gasteiger partial charge in [-0.2, -0.15) is 4.72 Å². The zero-order chi connectivity index (χ0) is 26.1. The molecule has 0 fully saturated rings. The quantitative estimate of drug-likeness (QED) is 0.153. The van der Waals surface area contributed by atoms with Crippen LogP contribution in [0, 0.1) is 5.41 Å². The zero-order valence-corrected chi connectivity index (χ0v) is 20.4. The average molecular weight is 526 g/mol. The molecule has 0 aromatic heterocycles. The van der Waals surface area contributed by atoms with Crippen LogP contribution in [0.1, 0.15) is 18.9 Å². The number of hydrogen-bond acceptors (Lipinski definition) is 7. The van der Waals surface area contributed by atoms with E-state index in [-0.39, 0.29) is 28.6 Å². The minimum Gasteiger partial charge on any atom is -0.480 e. The number of carboxylic acids is 1. The highest BCUT2D eigenvalue weighted by atomic mass is 32.2. The molecule has 14 heteroatoms. The van der Waals surface area contributed by atoms with E-state index in [4.69, 9.17) is 5.41 Å². The van der Waals surface area contributed by atoms with Crippen LogP contribution in [-0.2, 0) is 29.6 Å². The Morgan fingerprint density at radius 1 is 0.914 bits per heavy atom. The molecular formula is C21H27N5O7S2. The molecule has 2 aromatic rings. The molecule has 1 amide bonds. The van der Waals surface area contributed by atoms with Crippen LogP contribution in [0.2, 0.25) is 0 Å². The molecule has 0 saturated heterocycles. The Morgan fingerprint density at radius 2 is 1.51 bits per heavy atom. The topological polar surface area (TPSA) is 195 Å². The van der Waals surface area contributed by atoms with Crippen molar-refractivity contribution in [2.75, 3.05) is 19.6 Å². The highest BCUT2D eigenvalue weighted by Crippen LogP contribution is 2.11. The molecule has 1 unspecified atom stereocenters. The Kier molecular flexibility index (Phi) is 9.89. The molecule has 1 atom stereocenters. The van der Waals surface area contributed by atoms with Gasteiger partial charge in [-0.25, -0.2) is 21.6 Å². The van der Waals surface area contributed by atoms with Crippen LogP contribution in [0.5, 0.6) is 0 Å². The van der Waals surface area contributed by atoms with Gasteiger partial charge in [0.05, 0.1) is 9.79 Å². The molecule has 6 N–H and O–H groups in total. The molecule has 35 heavy (non-hydrogen) atoms. The van der Waals surface area contributed by atoms with Crippen LogP contribution in [0.4, 0.5) is 0 Å². The first-order valence-corrected chi connectivity index (χ1v) is 13.4. The number of rotatable bonds is 13. The van der Waals surface area contributed by atoms with Crippen LogP contribution < -0.4 is 20.1 Å². The maximum absolute atomic E-state index is 12.4. The van der Waals surface area contributed by atoms with Crippen molar-refractivity contribution < 1.29 is 31.5 Å². The first kappa shape index (κ1) is 27.9. The normalized spacial score (nSPS) is 12.5. The molecule has 0 saturated carbocycles. The van der Waals surface area contributed by atoms with Gasteiger partial charge in [0.15, 0.2) is 0 Å². The van der Waals surface area contributed by atoms with Gasteiger partial charge in [0.2, 0.25) is 26.0 Å². The Bertz CT molecular complexity index is 1250. The minimum absolute atomic E-state index is 0.0489. The summed E-state index contributed by atoms with van der Waals surface area (Å²) < 4.78 is 53.7. The maximum atomic E-state index is 12.4. The summed E-state index contributed by atoms with van der Waals surface area (Å²) in [7, 11) is -8.04. The van der Waals surface area contributed by atoms with E-state index in [1.807, 2.05) is 11.6 Å². The first-order valence-electron chi connectivity index (χ1n) is 10.5. The third-order valence-corrected chi connectivity index (χ3v) is 7.57. The number of carboxylic acid groups (broad SMARTS) is 1. The predicted octanol–water partition coefficient (Wildman–Crippen LogP) is -0.162. The summed E-state index contributed by atoms with van der Waals surface area (Å²) >= 11 is 0. The van der Waals surface area contributed by atoms with Crippen molar-refractivity contribution in [1.82, 2.24) is 20.1 Å². The molecule has 12 nitrogen and oxygen atoms in total. The molecule has 0 bridgehead atoms. The third-order valence-electron chi connectivity index (χ3n) is 4.60. The Hall–Kier alpha value is -3.33. The molecular weight excluding hydrogens is 498 g/mol. The standard InChI is InChI=1S/C21H27N5O7S2/c1-2-23-20(22)15-8-10-17(11-9-15)34(30,31)25-13-12-19(27)24-14-18(21(28)29)26-35(32,33)16-6-4-3-5-7-16/h3-11,18,25-26H,2,12-14H2,1H3,(H2,22,23)(H,24,27)(H,28,29). The van der Waals surface area contributed by atoms with Crippen LogP contribution >= 0.6 is 0 Å². The van der Waals surface area contributed by atoms with Crippen molar-refractivity contribution in [2.45, 2.75) is 29.2 Å². The molecule has 0 aliphatic rings. The summed E-state index contributed by atoms with van der Waals surface area (Å²) in [5, 5.41) is 22.2. The highest BCUT2D eigenvalue weighted by Gasteiger charge is 2.26. The van der Waals surface area contributed by atoms with Gasteiger partial charge in [0.1, 0.15) is 11.9 Å². The number of sulfonamides is 2. The van der Waals surface area contributed by atoms with Crippen LogP contribution in [0.25, 0.3) is 0 Å². The molecule has 0 aliphatic carbocycles. The molecule has 0 aliphatic heterocycles. The summed E-state index contributed by atoms with van der Waals surface area (Å²) in [4.78, 5) is 23.3. The largest absolute Gasteiger partial charge is 0.480 e. The Balaban J connectivity index is 1.87. The maximum Gasteiger partial charge on any atom is 0.323 e. The van der Waals surface area contributed by atoms with E-state index in [1.54, 1.807) is 6.07 Å². The second-order valence-corrected chi connectivity index (χ2v) is 10.7. The fourth-order valence-electron chi connectivity index (χ4n) is 2.80. The Labute approximate surface area is 203 Å². The van der Waals surface area contributed by atoms with Gasteiger partial charge in [-0.3, -0.25) is 15.0 Å². The van der Waals surface area contributed by atoms with Gasteiger partial charge in [-0.1, -0.05) is 18.2 Å². The highest BCUT2D eigenvalue weighted by molar-refractivity contribution is 7.89. The number of nitrogens with one attached hydrogen (secondary N) is 5. The zero-order valence-electron chi connectivity index (χ0n) is 18.8. The fourth-order valence-corrected chi connectivity index (χ4v) is 5.04. The van der Waals surface area contributed by atoms with E-state index in [0.29, 0.717) is 12.1 Å². The van der Waals surface area contributed by atoms with E-state index in [9.17, 15) is 31.5 Å². The smallest absolute Gasteiger partial charge is 0.323 e. The van der Waals surface area contributed by atoms with E-state index in [2.05, 4.69) is 15.4 Å². The van der Waals surface area contributed by atoms with Gasteiger partial charge < -0.3 is 15.7 Å². The number of carbonyl (C=O) groups is 2. The molecule has 190 valence electrons. The van der Waals surface area contributed by atoms with Crippen molar-refractivity contribution in [1.29, 1.82) is 5.41 Å². The van der Waals surface area contributed by atoms with E-state index in [0.717, 1.165) is 0 Å². The van der Waals surface area contributed by atoms with Crippen LogP contribution in [-0.4, -0.2) is 65.3 Å². The van der Waals surface area contributed by atoms with Crippen molar-refractivity contribution >= 4 is 37.8 Å². The number of carbonyl (C=O) groups excluding carboxylic acids is 1. The lowest BCUT2D eigenvalue weighted by molar-refractivity contribution is -0.138. The minimum atomic E-state index is -4.12. The van der Waals surface area contributed by atoms with Gasteiger partial charge in [0.25, 0.3) is 0 Å². The molecule has 0 heterocycles. The van der Waals surface area contributed by atoms with Crippen LogP contribution in [0.15, 0.2) is 64.4 Å². The number of hydrogen-bond donors (Lipinski definition) is 6.